The molecule has 5 nitrogen and oxygen atoms in total. The summed E-state index contributed by atoms with van der Waals surface area (Å²) in [6.07, 6.45) is -0.0113. The molecule has 0 spiro atoms. The van der Waals surface area contributed by atoms with E-state index in [1.807, 2.05) is 6.92 Å². The summed E-state index contributed by atoms with van der Waals surface area (Å²) < 4.78 is 5.18. The molecule has 1 amide bonds. The monoisotopic (exact) mass is 201 g/mol. The summed E-state index contributed by atoms with van der Waals surface area (Å²) in [6.45, 7) is 3.55. The molecule has 0 aromatic rings. The van der Waals surface area contributed by atoms with Gasteiger partial charge in [-0.05, 0) is 6.92 Å². The molecule has 1 heterocycles. The average molecular weight is 201 g/mol. The second kappa shape index (κ2) is 4.95. The fraction of sp³-hybridized carbons (Fsp3) is 0.778. The Morgan fingerprint density at radius 2 is 2.21 bits per heavy atom. The van der Waals surface area contributed by atoms with Crippen molar-refractivity contribution in [2.45, 2.75) is 25.8 Å². The Bertz CT molecular complexity index is 229. The smallest absolute Gasteiger partial charge is 0.303 e. The molecule has 1 fully saturated rings. The van der Waals surface area contributed by atoms with Crippen molar-refractivity contribution in [1.29, 1.82) is 0 Å². The van der Waals surface area contributed by atoms with Crippen LogP contribution >= 0.6 is 0 Å². The Labute approximate surface area is 82.6 Å². The van der Waals surface area contributed by atoms with Gasteiger partial charge in [0, 0.05) is 13.0 Å². The molecule has 80 valence electrons. The highest BCUT2D eigenvalue weighted by Gasteiger charge is 2.23. The van der Waals surface area contributed by atoms with Crippen LogP contribution in [0.25, 0.3) is 0 Å². The van der Waals surface area contributed by atoms with Gasteiger partial charge in [0.1, 0.15) is 0 Å². The molecule has 0 aliphatic carbocycles. The van der Waals surface area contributed by atoms with Crippen LogP contribution in [0.3, 0.4) is 0 Å². The molecule has 0 bridgehead atoms. The Morgan fingerprint density at radius 3 is 2.79 bits per heavy atom. The number of hydrogen-bond acceptors (Lipinski definition) is 3. The Balaban J connectivity index is 2.38. The summed E-state index contributed by atoms with van der Waals surface area (Å²) >= 11 is 0. The Morgan fingerprint density at radius 1 is 1.50 bits per heavy atom. The number of carbonyl (C=O) groups is 2. The van der Waals surface area contributed by atoms with Crippen LogP contribution in [0.2, 0.25) is 0 Å². The Kier molecular flexibility index (Phi) is 3.88. The highest BCUT2D eigenvalue weighted by atomic mass is 16.5. The third-order valence-corrected chi connectivity index (χ3v) is 2.24. The summed E-state index contributed by atoms with van der Waals surface area (Å²) in [7, 11) is 0. The number of carbonyl (C=O) groups excluding carboxylic acids is 1. The number of hydrogen-bond donors (Lipinski definition) is 1. The molecule has 5 heteroatoms. The minimum atomic E-state index is -0.931. The van der Waals surface area contributed by atoms with Gasteiger partial charge in [0.15, 0.2) is 0 Å². The van der Waals surface area contributed by atoms with Crippen molar-refractivity contribution in [3.05, 3.63) is 0 Å². The minimum absolute atomic E-state index is 0.0602. The predicted octanol–water partition coefficient (Wildman–Crippen LogP) is 0.0985. The fourth-order valence-electron chi connectivity index (χ4n) is 1.46. The zero-order valence-electron chi connectivity index (χ0n) is 8.23. The van der Waals surface area contributed by atoms with E-state index in [2.05, 4.69) is 0 Å². The first-order valence-corrected chi connectivity index (χ1v) is 4.70. The number of carboxylic acids is 1. The summed E-state index contributed by atoms with van der Waals surface area (Å²) in [6, 6.07) is 0.0602. The second-order valence-electron chi connectivity index (χ2n) is 3.40. The van der Waals surface area contributed by atoms with E-state index in [1.165, 1.54) is 0 Å². The predicted molar refractivity (Wildman–Crippen MR) is 48.9 cm³/mol. The number of rotatable bonds is 3. The molecule has 1 aliphatic rings. The van der Waals surface area contributed by atoms with Crippen molar-refractivity contribution in [3.8, 4) is 0 Å². The normalized spacial score (nSPS) is 22.1. The van der Waals surface area contributed by atoms with E-state index in [9.17, 15) is 9.59 Å². The summed E-state index contributed by atoms with van der Waals surface area (Å²) in [5.41, 5.74) is 0. The lowest BCUT2D eigenvalue weighted by Gasteiger charge is -2.33. The van der Waals surface area contributed by atoms with Crippen LogP contribution < -0.4 is 0 Å². The third-order valence-electron chi connectivity index (χ3n) is 2.24. The number of amides is 1. The molecule has 0 aromatic heterocycles. The topological polar surface area (TPSA) is 66.8 Å². The first kappa shape index (κ1) is 11.0. The van der Waals surface area contributed by atoms with E-state index in [1.54, 1.807) is 4.90 Å². The number of nitrogens with zero attached hydrogens (tertiary/aromatic N) is 1. The number of ether oxygens (including phenoxy) is 1. The van der Waals surface area contributed by atoms with Gasteiger partial charge < -0.3 is 14.7 Å². The maximum Gasteiger partial charge on any atom is 0.303 e. The van der Waals surface area contributed by atoms with E-state index in [-0.39, 0.29) is 24.8 Å². The molecule has 14 heavy (non-hydrogen) atoms. The molecular weight excluding hydrogens is 186 g/mol. The van der Waals surface area contributed by atoms with Crippen molar-refractivity contribution >= 4 is 11.9 Å². The van der Waals surface area contributed by atoms with Crippen molar-refractivity contribution in [1.82, 2.24) is 4.90 Å². The minimum Gasteiger partial charge on any atom is -0.481 e. The van der Waals surface area contributed by atoms with Crippen molar-refractivity contribution < 1.29 is 19.4 Å². The van der Waals surface area contributed by atoms with Crippen molar-refractivity contribution in [3.63, 3.8) is 0 Å². The maximum absolute atomic E-state index is 11.5. The van der Waals surface area contributed by atoms with E-state index >= 15 is 0 Å². The van der Waals surface area contributed by atoms with Gasteiger partial charge in [-0.15, -0.1) is 0 Å². The Hall–Kier alpha value is -1.10. The van der Waals surface area contributed by atoms with Gasteiger partial charge in [-0.1, -0.05) is 0 Å². The molecule has 0 aromatic carbocycles. The maximum atomic E-state index is 11.5. The van der Waals surface area contributed by atoms with Crippen LogP contribution in [0.15, 0.2) is 0 Å². The number of aliphatic carboxylic acids is 1. The van der Waals surface area contributed by atoms with Crippen LogP contribution in [0.4, 0.5) is 0 Å². The molecule has 0 radical (unpaired) electrons. The highest BCUT2D eigenvalue weighted by molar-refractivity contribution is 5.81. The van der Waals surface area contributed by atoms with Crippen molar-refractivity contribution in [2.75, 3.05) is 19.8 Å². The molecule has 1 unspecified atom stereocenters. The molecule has 1 aliphatic heterocycles. The lowest BCUT2D eigenvalue weighted by molar-refractivity contribution is -0.144. The largest absolute Gasteiger partial charge is 0.481 e. The molecule has 1 atom stereocenters. The van der Waals surface area contributed by atoms with Crippen LogP contribution in [0.5, 0.6) is 0 Å². The first-order valence-electron chi connectivity index (χ1n) is 4.70. The van der Waals surface area contributed by atoms with Gasteiger partial charge in [0.2, 0.25) is 5.91 Å². The zero-order chi connectivity index (χ0) is 10.6. The van der Waals surface area contributed by atoms with Crippen LogP contribution in [-0.4, -0.2) is 47.7 Å². The van der Waals surface area contributed by atoms with E-state index in [4.69, 9.17) is 9.84 Å². The lowest BCUT2D eigenvalue weighted by Crippen LogP contribution is -2.47. The van der Waals surface area contributed by atoms with Gasteiger partial charge in [-0.25, -0.2) is 0 Å². The van der Waals surface area contributed by atoms with Gasteiger partial charge in [-0.3, -0.25) is 9.59 Å². The molecule has 1 saturated heterocycles. The van der Waals surface area contributed by atoms with Gasteiger partial charge >= 0.3 is 5.97 Å². The van der Waals surface area contributed by atoms with Gasteiger partial charge in [0.05, 0.1) is 25.7 Å². The van der Waals surface area contributed by atoms with Crippen molar-refractivity contribution in [2.24, 2.45) is 0 Å². The second-order valence-corrected chi connectivity index (χ2v) is 3.40. The number of morpholine rings is 1. The molecule has 1 rings (SSSR count). The zero-order valence-corrected chi connectivity index (χ0v) is 8.23. The lowest BCUT2D eigenvalue weighted by atomic mass is 10.2. The van der Waals surface area contributed by atoms with E-state index < -0.39 is 5.97 Å². The summed E-state index contributed by atoms with van der Waals surface area (Å²) in [5.74, 6) is -1.03. The third kappa shape index (κ3) is 2.99. The molecule has 1 N–H and O–H groups in total. The first-order chi connectivity index (χ1) is 6.61. The van der Waals surface area contributed by atoms with E-state index in [0.717, 1.165) is 0 Å². The summed E-state index contributed by atoms with van der Waals surface area (Å²) in [4.78, 5) is 23.5. The standard InChI is InChI=1S/C9H15NO4/c1-7-6-14-5-4-10(7)8(11)2-3-9(12)13/h7H,2-6H2,1H3,(H,12,13). The van der Waals surface area contributed by atoms with Crippen LogP contribution in [0.1, 0.15) is 19.8 Å². The fourth-order valence-corrected chi connectivity index (χ4v) is 1.46. The molecular formula is C9H15NO4. The quantitative estimate of drug-likeness (QED) is 0.703. The van der Waals surface area contributed by atoms with E-state index in [0.29, 0.717) is 19.8 Å². The van der Waals surface area contributed by atoms with Gasteiger partial charge in [-0.2, -0.15) is 0 Å². The molecule has 0 saturated carbocycles. The van der Waals surface area contributed by atoms with Crippen LogP contribution in [0, 0.1) is 0 Å². The van der Waals surface area contributed by atoms with Gasteiger partial charge in [0.25, 0.3) is 0 Å². The summed E-state index contributed by atoms with van der Waals surface area (Å²) in [5, 5.41) is 8.43. The number of carboxylic acid groups (broad SMARTS) is 1. The average Bonchev–Trinajstić information content (AvgIpc) is 2.15. The highest BCUT2D eigenvalue weighted by Crippen LogP contribution is 2.08. The van der Waals surface area contributed by atoms with Crippen LogP contribution in [-0.2, 0) is 14.3 Å². The SMILES string of the molecule is CC1COCCN1C(=O)CCC(=O)O.